The van der Waals surface area contributed by atoms with E-state index in [2.05, 4.69) is 34.3 Å². The number of carbonyl (C=O) groups excluding carboxylic acids is 2. The minimum atomic E-state index is -0.433. The molecular weight excluding hydrogens is 490 g/mol. The number of fused-ring (bicyclic) bond motifs is 1. The van der Waals surface area contributed by atoms with Gasteiger partial charge in [0.15, 0.2) is 0 Å². The summed E-state index contributed by atoms with van der Waals surface area (Å²) < 4.78 is 10.8. The first-order valence-electron chi connectivity index (χ1n) is 12.2. The number of nitrogens with one attached hydrogen (secondary N) is 2. The van der Waals surface area contributed by atoms with Gasteiger partial charge in [-0.05, 0) is 47.5 Å². The summed E-state index contributed by atoms with van der Waals surface area (Å²) in [6.07, 6.45) is 2.04. The van der Waals surface area contributed by atoms with Crippen molar-refractivity contribution in [1.29, 1.82) is 0 Å². The van der Waals surface area contributed by atoms with Crippen molar-refractivity contribution in [3.63, 3.8) is 0 Å². The van der Waals surface area contributed by atoms with Gasteiger partial charge in [-0.25, -0.2) is 9.78 Å². The summed E-state index contributed by atoms with van der Waals surface area (Å²) in [5.74, 6) is -0.809. The minimum absolute atomic E-state index is 0.0155. The van der Waals surface area contributed by atoms with Gasteiger partial charge in [-0.3, -0.25) is 9.59 Å². The van der Waals surface area contributed by atoms with Gasteiger partial charge >= 0.3 is 5.97 Å². The number of carbonyl (C=O) groups is 2. The first kappa shape index (κ1) is 26.2. The molecule has 2 heterocycles. The van der Waals surface area contributed by atoms with E-state index in [1.165, 1.54) is 16.9 Å². The molecule has 0 aliphatic heterocycles. The number of esters is 1. The lowest BCUT2D eigenvalue weighted by Gasteiger charge is -2.07. The quantitative estimate of drug-likeness (QED) is 0.277. The fourth-order valence-electron chi connectivity index (χ4n) is 3.90. The molecule has 2 aromatic carbocycles. The van der Waals surface area contributed by atoms with Gasteiger partial charge in [0.25, 0.3) is 11.5 Å². The topological polar surface area (TPSA) is 110 Å². The molecule has 0 aliphatic rings. The van der Waals surface area contributed by atoms with Crippen LogP contribution in [0.5, 0.6) is 0 Å². The molecule has 9 heteroatoms. The number of benzene rings is 2. The zero-order valence-corrected chi connectivity index (χ0v) is 21.7. The first-order valence-corrected chi connectivity index (χ1v) is 13.1. The number of hydrogen-bond acceptors (Lipinski definition) is 7. The Morgan fingerprint density at radius 2 is 1.81 bits per heavy atom. The van der Waals surface area contributed by atoms with Crippen molar-refractivity contribution in [2.45, 2.75) is 46.4 Å². The van der Waals surface area contributed by atoms with E-state index >= 15 is 0 Å². The first-order chi connectivity index (χ1) is 18.0. The second-order valence-corrected chi connectivity index (χ2v) is 9.38. The van der Waals surface area contributed by atoms with E-state index in [1.54, 1.807) is 31.2 Å². The van der Waals surface area contributed by atoms with Gasteiger partial charge in [0.05, 0.1) is 30.8 Å². The minimum Gasteiger partial charge on any atom is -0.462 e. The Morgan fingerprint density at radius 3 is 2.57 bits per heavy atom. The standard InChI is InChI=1S/C28H29N3O5S/c1-3-6-18-7-5-8-20(13-18)14-29-26(33)24-30-25(32)23-22(17-37-27(23)31-24)16-35-15-19-9-11-21(12-10-19)28(34)36-4-2/h5,7-13,17H,3-4,6,14-16H2,1-2H3,(H,29,33)(H,30,31,32). The van der Waals surface area contributed by atoms with Gasteiger partial charge < -0.3 is 19.8 Å². The molecule has 0 atom stereocenters. The molecule has 0 unspecified atom stereocenters. The average Bonchev–Trinajstić information content (AvgIpc) is 3.32. The Hall–Kier alpha value is -3.82. The van der Waals surface area contributed by atoms with E-state index in [9.17, 15) is 14.4 Å². The highest BCUT2D eigenvalue weighted by Crippen LogP contribution is 2.22. The van der Waals surface area contributed by atoms with Crippen LogP contribution in [0.1, 0.15) is 63.5 Å². The molecule has 0 bridgehead atoms. The van der Waals surface area contributed by atoms with Gasteiger partial charge in [-0.1, -0.05) is 49.7 Å². The summed E-state index contributed by atoms with van der Waals surface area (Å²) in [7, 11) is 0. The number of H-pyrrole nitrogens is 1. The van der Waals surface area contributed by atoms with Gasteiger partial charge in [0.1, 0.15) is 4.83 Å². The summed E-state index contributed by atoms with van der Waals surface area (Å²) in [5, 5.41) is 5.07. The summed E-state index contributed by atoms with van der Waals surface area (Å²) in [5.41, 5.74) is 3.92. The maximum absolute atomic E-state index is 12.8. The van der Waals surface area contributed by atoms with Crippen molar-refractivity contribution in [3.05, 3.63) is 97.9 Å². The molecule has 37 heavy (non-hydrogen) atoms. The van der Waals surface area contributed by atoms with Crippen LogP contribution in [0.2, 0.25) is 0 Å². The smallest absolute Gasteiger partial charge is 0.338 e. The second kappa shape index (κ2) is 12.4. The number of rotatable bonds is 11. The van der Waals surface area contributed by atoms with Crippen molar-refractivity contribution >= 4 is 33.4 Å². The third-order valence-corrected chi connectivity index (χ3v) is 6.63. The lowest BCUT2D eigenvalue weighted by atomic mass is 10.1. The highest BCUT2D eigenvalue weighted by atomic mass is 32.1. The van der Waals surface area contributed by atoms with Crippen LogP contribution in [-0.4, -0.2) is 28.5 Å². The van der Waals surface area contributed by atoms with Crippen molar-refractivity contribution in [1.82, 2.24) is 15.3 Å². The largest absolute Gasteiger partial charge is 0.462 e. The number of hydrogen-bond donors (Lipinski definition) is 2. The highest BCUT2D eigenvalue weighted by Gasteiger charge is 2.16. The number of aromatic amines is 1. The second-order valence-electron chi connectivity index (χ2n) is 8.52. The van der Waals surface area contributed by atoms with Gasteiger partial charge in [-0.15, -0.1) is 11.3 Å². The third kappa shape index (κ3) is 6.69. The van der Waals surface area contributed by atoms with Crippen LogP contribution in [0.25, 0.3) is 10.2 Å². The van der Waals surface area contributed by atoms with Crippen LogP contribution in [0.3, 0.4) is 0 Å². The molecule has 0 spiro atoms. The van der Waals surface area contributed by atoms with E-state index in [-0.39, 0.29) is 24.0 Å². The zero-order valence-electron chi connectivity index (χ0n) is 20.8. The number of ether oxygens (including phenoxy) is 2. The molecule has 0 saturated carbocycles. The third-order valence-electron chi connectivity index (χ3n) is 5.71. The van der Waals surface area contributed by atoms with Crippen LogP contribution in [-0.2, 0) is 35.7 Å². The molecule has 2 aromatic heterocycles. The average molecular weight is 520 g/mol. The van der Waals surface area contributed by atoms with Gasteiger partial charge in [0.2, 0.25) is 5.82 Å². The zero-order chi connectivity index (χ0) is 26.2. The molecule has 4 rings (SSSR count). The number of aromatic nitrogens is 2. The highest BCUT2D eigenvalue weighted by molar-refractivity contribution is 7.16. The lowest BCUT2D eigenvalue weighted by Crippen LogP contribution is -2.27. The van der Waals surface area contributed by atoms with E-state index in [0.717, 1.165) is 24.0 Å². The molecule has 4 aromatic rings. The molecular formula is C28H29N3O5S. The predicted octanol–water partition coefficient (Wildman–Crippen LogP) is 4.76. The van der Waals surface area contributed by atoms with Crippen LogP contribution in [0.4, 0.5) is 0 Å². The molecule has 8 nitrogen and oxygen atoms in total. The van der Waals surface area contributed by atoms with Gasteiger partial charge in [-0.2, -0.15) is 0 Å². The summed E-state index contributed by atoms with van der Waals surface area (Å²) >= 11 is 1.30. The number of amides is 1. The van der Waals surface area contributed by atoms with Crippen molar-refractivity contribution in [2.24, 2.45) is 0 Å². The Kier molecular flexibility index (Phi) is 8.81. The SMILES string of the molecule is CCCc1cccc(CNC(=O)c2nc3scc(COCc4ccc(C(=O)OCC)cc4)c3c(=O)[nH]2)c1. The Balaban J connectivity index is 1.37. The van der Waals surface area contributed by atoms with Crippen LogP contribution >= 0.6 is 11.3 Å². The number of thiophene rings is 1. The normalized spacial score (nSPS) is 11.0. The van der Waals surface area contributed by atoms with E-state index < -0.39 is 5.91 Å². The van der Waals surface area contributed by atoms with Crippen molar-refractivity contribution in [2.75, 3.05) is 6.61 Å². The Bertz CT molecular complexity index is 1440. The Labute approximate surface area is 218 Å². The van der Waals surface area contributed by atoms with Crippen LogP contribution in [0, 0.1) is 0 Å². The molecule has 192 valence electrons. The fraction of sp³-hybridized carbons (Fsp3) is 0.286. The summed E-state index contributed by atoms with van der Waals surface area (Å²) in [6.45, 7) is 5.09. The monoisotopic (exact) mass is 519 g/mol. The molecule has 0 fully saturated rings. The lowest BCUT2D eigenvalue weighted by molar-refractivity contribution is 0.0526. The van der Waals surface area contributed by atoms with Crippen LogP contribution < -0.4 is 10.9 Å². The summed E-state index contributed by atoms with van der Waals surface area (Å²) in [6, 6.07) is 15.1. The van der Waals surface area contributed by atoms with Crippen LogP contribution in [0.15, 0.2) is 58.7 Å². The Morgan fingerprint density at radius 1 is 1.03 bits per heavy atom. The van der Waals surface area contributed by atoms with E-state index in [1.807, 2.05) is 17.5 Å². The number of nitrogens with zero attached hydrogens (tertiary/aromatic N) is 1. The van der Waals surface area contributed by atoms with E-state index in [0.29, 0.717) is 41.1 Å². The number of aryl methyl sites for hydroxylation is 1. The van der Waals surface area contributed by atoms with Crippen molar-refractivity contribution in [3.8, 4) is 0 Å². The molecule has 0 saturated heterocycles. The molecule has 0 aliphatic carbocycles. The fourth-order valence-corrected chi connectivity index (χ4v) is 4.83. The van der Waals surface area contributed by atoms with Gasteiger partial charge in [0, 0.05) is 12.1 Å². The summed E-state index contributed by atoms with van der Waals surface area (Å²) in [4.78, 5) is 44.7. The van der Waals surface area contributed by atoms with Crippen molar-refractivity contribution < 1.29 is 19.1 Å². The van der Waals surface area contributed by atoms with E-state index in [4.69, 9.17) is 9.47 Å². The molecule has 1 amide bonds. The maximum Gasteiger partial charge on any atom is 0.338 e. The molecule has 2 N–H and O–H groups in total. The molecule has 0 radical (unpaired) electrons. The predicted molar refractivity (Wildman–Crippen MR) is 143 cm³/mol. The maximum atomic E-state index is 12.8.